The summed E-state index contributed by atoms with van der Waals surface area (Å²) < 4.78 is 42.2. The lowest BCUT2D eigenvalue weighted by Crippen LogP contribution is -2.62. The van der Waals surface area contributed by atoms with Crippen LogP contribution in [0.15, 0.2) is 18.2 Å². The molecule has 148 valence electrons. The topological polar surface area (TPSA) is 101 Å². The van der Waals surface area contributed by atoms with Crippen LogP contribution >= 0.6 is 11.6 Å². The number of carboxylic acid groups (broad SMARTS) is 1. The SMILES string of the molecule is NC(=O)c1c(-c2ccc(F)c(Cl)c2)nn2c1CN(C(=O)O)CC21CC(F)(F)C1. The number of primary amides is 1. The van der Waals surface area contributed by atoms with Gasteiger partial charge in [-0.25, -0.2) is 18.0 Å². The molecule has 0 atom stereocenters. The number of fused-ring (bicyclic) bond motifs is 2. The number of nitrogens with zero attached hydrogens (tertiary/aromatic N) is 3. The van der Waals surface area contributed by atoms with Crippen molar-refractivity contribution >= 4 is 23.6 Å². The van der Waals surface area contributed by atoms with E-state index in [2.05, 4.69) is 5.10 Å². The first-order chi connectivity index (χ1) is 13.0. The lowest BCUT2D eigenvalue weighted by atomic mass is 9.72. The Labute approximate surface area is 161 Å². The van der Waals surface area contributed by atoms with E-state index in [0.29, 0.717) is 0 Å². The first kappa shape index (κ1) is 18.6. The van der Waals surface area contributed by atoms with Crippen LogP contribution in [-0.2, 0) is 12.1 Å². The summed E-state index contributed by atoms with van der Waals surface area (Å²) in [6.45, 7) is -0.419. The van der Waals surface area contributed by atoms with Crippen molar-refractivity contribution in [1.82, 2.24) is 14.7 Å². The molecule has 2 amide bonds. The first-order valence-electron chi connectivity index (χ1n) is 8.26. The van der Waals surface area contributed by atoms with Crippen molar-refractivity contribution in [2.75, 3.05) is 6.54 Å². The van der Waals surface area contributed by atoms with Crippen LogP contribution in [0.2, 0.25) is 5.02 Å². The van der Waals surface area contributed by atoms with Crippen LogP contribution in [0.5, 0.6) is 0 Å². The largest absolute Gasteiger partial charge is 0.465 e. The number of hydrogen-bond donors (Lipinski definition) is 2. The van der Waals surface area contributed by atoms with Crippen molar-refractivity contribution in [2.45, 2.75) is 30.8 Å². The molecule has 0 unspecified atom stereocenters. The molecule has 0 saturated heterocycles. The molecule has 2 aliphatic rings. The average molecular weight is 415 g/mol. The highest BCUT2D eigenvalue weighted by atomic mass is 35.5. The third kappa shape index (κ3) is 2.70. The van der Waals surface area contributed by atoms with Crippen molar-refractivity contribution in [3.8, 4) is 11.3 Å². The van der Waals surface area contributed by atoms with Crippen LogP contribution in [0.3, 0.4) is 0 Å². The Bertz CT molecular complexity index is 1020. The Morgan fingerprint density at radius 2 is 1.96 bits per heavy atom. The van der Waals surface area contributed by atoms with Gasteiger partial charge in [-0.2, -0.15) is 5.10 Å². The van der Waals surface area contributed by atoms with E-state index in [1.807, 2.05) is 0 Å². The summed E-state index contributed by atoms with van der Waals surface area (Å²) >= 11 is 5.81. The number of rotatable bonds is 2. The minimum Gasteiger partial charge on any atom is -0.465 e. The van der Waals surface area contributed by atoms with Crippen molar-refractivity contribution in [1.29, 1.82) is 0 Å². The highest BCUT2D eigenvalue weighted by Gasteiger charge is 2.61. The molecule has 28 heavy (non-hydrogen) atoms. The molecule has 7 nitrogen and oxygen atoms in total. The Morgan fingerprint density at radius 1 is 1.29 bits per heavy atom. The van der Waals surface area contributed by atoms with E-state index in [-0.39, 0.29) is 40.6 Å². The maximum atomic E-state index is 13.7. The van der Waals surface area contributed by atoms with E-state index >= 15 is 0 Å². The van der Waals surface area contributed by atoms with Crippen molar-refractivity contribution in [3.63, 3.8) is 0 Å². The van der Waals surface area contributed by atoms with Gasteiger partial charge in [0, 0.05) is 18.4 Å². The monoisotopic (exact) mass is 414 g/mol. The van der Waals surface area contributed by atoms with Gasteiger partial charge in [0.05, 0.1) is 34.9 Å². The number of carbonyl (C=O) groups is 2. The van der Waals surface area contributed by atoms with Gasteiger partial charge >= 0.3 is 6.09 Å². The number of amides is 2. The summed E-state index contributed by atoms with van der Waals surface area (Å²) in [6, 6.07) is 3.66. The molecule has 0 bridgehead atoms. The van der Waals surface area contributed by atoms with Crippen LogP contribution in [0.4, 0.5) is 18.0 Å². The van der Waals surface area contributed by atoms with Gasteiger partial charge in [-0.3, -0.25) is 9.48 Å². The fourth-order valence-corrected chi connectivity index (χ4v) is 4.24. The van der Waals surface area contributed by atoms with E-state index in [1.54, 1.807) is 0 Å². The van der Waals surface area contributed by atoms with E-state index in [0.717, 1.165) is 11.0 Å². The van der Waals surface area contributed by atoms with Gasteiger partial charge < -0.3 is 15.7 Å². The maximum Gasteiger partial charge on any atom is 0.407 e. The van der Waals surface area contributed by atoms with Crippen molar-refractivity contribution < 1.29 is 27.9 Å². The van der Waals surface area contributed by atoms with E-state index in [9.17, 15) is 27.9 Å². The molecule has 2 heterocycles. The van der Waals surface area contributed by atoms with Gasteiger partial charge in [-0.05, 0) is 18.2 Å². The van der Waals surface area contributed by atoms with E-state index in [4.69, 9.17) is 17.3 Å². The van der Waals surface area contributed by atoms with Gasteiger partial charge in [-0.15, -0.1) is 0 Å². The highest BCUT2D eigenvalue weighted by molar-refractivity contribution is 6.31. The van der Waals surface area contributed by atoms with Gasteiger partial charge in [-0.1, -0.05) is 11.6 Å². The molecular weight excluding hydrogens is 401 g/mol. The number of nitrogens with two attached hydrogens (primary N) is 1. The van der Waals surface area contributed by atoms with Crippen molar-refractivity contribution in [3.05, 3.63) is 40.3 Å². The van der Waals surface area contributed by atoms with Gasteiger partial charge in [0.25, 0.3) is 11.8 Å². The van der Waals surface area contributed by atoms with Crippen LogP contribution in [-0.4, -0.2) is 44.3 Å². The summed E-state index contributed by atoms with van der Waals surface area (Å²) in [5.74, 6) is -4.54. The lowest BCUT2D eigenvalue weighted by Gasteiger charge is -2.52. The van der Waals surface area contributed by atoms with E-state index in [1.165, 1.54) is 16.8 Å². The third-order valence-electron chi connectivity index (χ3n) is 5.14. The quantitative estimate of drug-likeness (QED) is 0.788. The fourth-order valence-electron chi connectivity index (χ4n) is 4.06. The number of carbonyl (C=O) groups excluding carboxylic acids is 1. The number of halogens is 4. The summed E-state index contributed by atoms with van der Waals surface area (Å²) in [6.07, 6.45) is -2.52. The second kappa shape index (κ2) is 5.87. The standard InChI is InChI=1S/C17H14ClF3N4O3/c18-9-3-8(1-2-10(9)19)13-12(14(22)26)11-4-24(15(27)28)7-16(25(11)23-13)5-17(20,21)6-16/h1-3H,4-7H2,(H2,22,26)(H,27,28). The molecule has 1 fully saturated rings. The molecule has 3 N–H and O–H groups in total. The van der Waals surface area contributed by atoms with Crippen LogP contribution < -0.4 is 5.73 Å². The number of aromatic nitrogens is 2. The Morgan fingerprint density at radius 3 is 2.50 bits per heavy atom. The third-order valence-corrected chi connectivity index (χ3v) is 5.43. The average Bonchev–Trinajstić information content (AvgIpc) is 2.96. The predicted octanol–water partition coefficient (Wildman–Crippen LogP) is 3.06. The minimum absolute atomic E-state index is 0.0474. The molecule has 1 spiro atoms. The van der Waals surface area contributed by atoms with Crippen LogP contribution in [0, 0.1) is 5.82 Å². The smallest absolute Gasteiger partial charge is 0.407 e. The molecule has 1 saturated carbocycles. The predicted molar refractivity (Wildman–Crippen MR) is 91.7 cm³/mol. The zero-order valence-corrected chi connectivity index (χ0v) is 15.0. The second-order valence-corrected chi connectivity index (χ2v) is 7.55. The normalized spacial score (nSPS) is 19.2. The second-order valence-electron chi connectivity index (χ2n) is 7.15. The van der Waals surface area contributed by atoms with Crippen LogP contribution in [0.1, 0.15) is 28.9 Å². The molecule has 1 aliphatic carbocycles. The number of benzene rings is 1. The molecule has 1 aliphatic heterocycles. The van der Waals surface area contributed by atoms with Gasteiger partial charge in [0.1, 0.15) is 11.5 Å². The molecule has 0 radical (unpaired) electrons. The number of hydrogen-bond acceptors (Lipinski definition) is 3. The number of alkyl halides is 2. The Balaban J connectivity index is 1.92. The summed E-state index contributed by atoms with van der Waals surface area (Å²) in [5, 5.41) is 13.5. The van der Waals surface area contributed by atoms with Gasteiger partial charge in [0.2, 0.25) is 0 Å². The van der Waals surface area contributed by atoms with Gasteiger partial charge in [0.15, 0.2) is 0 Å². The molecule has 2 aromatic rings. The maximum absolute atomic E-state index is 13.7. The summed E-state index contributed by atoms with van der Waals surface area (Å²) in [7, 11) is 0. The summed E-state index contributed by atoms with van der Waals surface area (Å²) in [4.78, 5) is 24.6. The van der Waals surface area contributed by atoms with E-state index < -0.39 is 42.1 Å². The highest BCUT2D eigenvalue weighted by Crippen LogP contribution is 2.53. The zero-order valence-electron chi connectivity index (χ0n) is 14.3. The Kier molecular flexibility index (Phi) is 3.90. The molecule has 4 rings (SSSR count). The summed E-state index contributed by atoms with van der Waals surface area (Å²) in [5.41, 5.74) is 4.58. The minimum atomic E-state index is -2.96. The first-order valence-corrected chi connectivity index (χ1v) is 8.64. The fraction of sp³-hybridized carbons (Fsp3) is 0.353. The molecule has 1 aromatic heterocycles. The lowest BCUT2D eigenvalue weighted by molar-refractivity contribution is -0.168. The molecule has 11 heteroatoms. The zero-order chi connectivity index (χ0) is 20.4. The Hall–Kier alpha value is -2.75. The molecular formula is C17H14ClF3N4O3. The van der Waals surface area contributed by atoms with Crippen molar-refractivity contribution in [2.24, 2.45) is 5.73 Å². The van der Waals surface area contributed by atoms with Crippen LogP contribution in [0.25, 0.3) is 11.3 Å². The molecule has 1 aromatic carbocycles.